The second kappa shape index (κ2) is 8.91. The summed E-state index contributed by atoms with van der Waals surface area (Å²) in [7, 11) is -3.29. The first kappa shape index (κ1) is 24.0. The number of pyridine rings is 1. The number of aromatic nitrogens is 3. The topological polar surface area (TPSA) is 137 Å². The number of hydrogen-bond donors (Lipinski definition) is 2. The number of hydrogen-bond acceptors (Lipinski definition) is 6. The van der Waals surface area contributed by atoms with Gasteiger partial charge in [-0.05, 0) is 49.7 Å². The highest BCUT2D eigenvalue weighted by atomic mass is 32.2. The van der Waals surface area contributed by atoms with Gasteiger partial charge in [-0.25, -0.2) is 17.8 Å². The Hall–Kier alpha value is -4.12. The molecule has 0 saturated heterocycles. The van der Waals surface area contributed by atoms with Crippen LogP contribution in [0.2, 0.25) is 0 Å². The van der Waals surface area contributed by atoms with Crippen LogP contribution in [0.15, 0.2) is 53.4 Å². The highest BCUT2D eigenvalue weighted by Crippen LogP contribution is 2.24. The van der Waals surface area contributed by atoms with Crippen molar-refractivity contribution < 1.29 is 22.4 Å². The third-order valence-corrected chi connectivity index (χ3v) is 6.70. The quantitative estimate of drug-likeness (QED) is 0.422. The molecule has 0 fully saturated rings. The van der Waals surface area contributed by atoms with Crippen molar-refractivity contribution in [2.45, 2.75) is 25.3 Å². The number of anilines is 1. The maximum Gasteiger partial charge on any atom is 0.274 e. The van der Waals surface area contributed by atoms with Gasteiger partial charge in [0.05, 0.1) is 39.6 Å². The van der Waals surface area contributed by atoms with Crippen LogP contribution in [-0.2, 0) is 16.4 Å². The number of primary amides is 1. The molecule has 9 nitrogen and oxygen atoms in total. The highest BCUT2D eigenvalue weighted by molar-refractivity contribution is 7.90. The zero-order valence-corrected chi connectivity index (χ0v) is 20.0. The molecule has 3 N–H and O–H groups in total. The van der Waals surface area contributed by atoms with Crippen molar-refractivity contribution in [3.63, 3.8) is 0 Å². The van der Waals surface area contributed by atoms with Crippen molar-refractivity contribution in [3.05, 3.63) is 82.6 Å². The van der Waals surface area contributed by atoms with Crippen LogP contribution in [0.1, 0.15) is 37.8 Å². The number of aryl methyl sites for hydroxylation is 1. The smallest absolute Gasteiger partial charge is 0.274 e. The third kappa shape index (κ3) is 4.90. The van der Waals surface area contributed by atoms with Crippen molar-refractivity contribution in [2.75, 3.05) is 11.6 Å². The maximum atomic E-state index is 13.7. The third-order valence-electron chi connectivity index (χ3n) is 5.57. The number of benzene rings is 2. The van der Waals surface area contributed by atoms with Gasteiger partial charge in [-0.15, -0.1) is 0 Å². The molecule has 0 aliphatic rings. The molecule has 0 saturated carbocycles. The summed E-state index contributed by atoms with van der Waals surface area (Å²) in [5.41, 5.74) is 8.04. The van der Waals surface area contributed by atoms with Crippen LogP contribution in [0, 0.1) is 19.7 Å². The molecule has 2 amide bonds. The maximum absolute atomic E-state index is 13.7. The fourth-order valence-electron chi connectivity index (χ4n) is 3.75. The summed E-state index contributed by atoms with van der Waals surface area (Å²) in [6.45, 7) is 3.86. The van der Waals surface area contributed by atoms with E-state index in [1.165, 1.54) is 30.3 Å². The first-order valence-electron chi connectivity index (χ1n) is 10.5. The lowest BCUT2D eigenvalue weighted by molar-refractivity contribution is 0.100. The van der Waals surface area contributed by atoms with Crippen LogP contribution in [-0.4, -0.2) is 41.3 Å². The second-order valence-electron chi connectivity index (χ2n) is 8.15. The number of rotatable bonds is 6. The Bertz CT molecular complexity index is 1590. The molecular weight excluding hydrogens is 473 g/mol. The van der Waals surface area contributed by atoms with E-state index in [9.17, 15) is 22.4 Å². The minimum Gasteiger partial charge on any atom is -0.366 e. The lowest BCUT2D eigenvalue weighted by atomic mass is 10.1. The number of nitrogens with one attached hydrogen (secondary N) is 1. The number of halogens is 1. The van der Waals surface area contributed by atoms with Crippen molar-refractivity contribution >= 4 is 38.2 Å². The Morgan fingerprint density at radius 3 is 2.40 bits per heavy atom. The fourth-order valence-corrected chi connectivity index (χ4v) is 4.38. The molecule has 0 unspecified atom stereocenters. The number of sulfone groups is 1. The van der Waals surface area contributed by atoms with Gasteiger partial charge in [0.25, 0.3) is 5.91 Å². The molecule has 2 heterocycles. The van der Waals surface area contributed by atoms with Crippen LogP contribution in [0.4, 0.5) is 10.1 Å². The van der Waals surface area contributed by atoms with Gasteiger partial charge in [0.2, 0.25) is 5.91 Å². The first-order valence-corrected chi connectivity index (χ1v) is 12.4. The average Bonchev–Trinajstić information content (AvgIpc) is 3.05. The summed E-state index contributed by atoms with van der Waals surface area (Å²) < 4.78 is 38.7. The van der Waals surface area contributed by atoms with Gasteiger partial charge in [-0.3, -0.25) is 14.3 Å². The monoisotopic (exact) mass is 495 g/mol. The van der Waals surface area contributed by atoms with E-state index in [2.05, 4.69) is 15.4 Å². The van der Waals surface area contributed by atoms with Gasteiger partial charge in [0.1, 0.15) is 11.5 Å². The molecule has 0 aliphatic carbocycles. The summed E-state index contributed by atoms with van der Waals surface area (Å²) in [4.78, 5) is 29.3. The molecule has 0 spiro atoms. The van der Waals surface area contributed by atoms with Crippen LogP contribution >= 0.6 is 0 Å². The first-order chi connectivity index (χ1) is 16.4. The predicted octanol–water partition coefficient (Wildman–Crippen LogP) is 2.99. The summed E-state index contributed by atoms with van der Waals surface area (Å²) in [6, 6.07) is 11.4. The van der Waals surface area contributed by atoms with E-state index in [1.54, 1.807) is 30.7 Å². The van der Waals surface area contributed by atoms with Gasteiger partial charge in [-0.1, -0.05) is 12.1 Å². The Labute approximate surface area is 200 Å². The van der Waals surface area contributed by atoms with Gasteiger partial charge >= 0.3 is 0 Å². The highest BCUT2D eigenvalue weighted by Gasteiger charge is 2.19. The molecule has 2 aromatic carbocycles. The van der Waals surface area contributed by atoms with Gasteiger partial charge in [0, 0.05) is 17.7 Å². The van der Waals surface area contributed by atoms with Crippen LogP contribution in [0.5, 0.6) is 0 Å². The molecule has 11 heteroatoms. The molecule has 4 aromatic rings. The average molecular weight is 496 g/mol. The zero-order chi connectivity index (χ0) is 25.5. The molecule has 0 bridgehead atoms. The summed E-state index contributed by atoms with van der Waals surface area (Å²) in [5, 5.41) is 7.58. The van der Waals surface area contributed by atoms with E-state index < -0.39 is 27.5 Å². The minimum atomic E-state index is -3.29. The molecule has 2 aromatic heterocycles. The van der Waals surface area contributed by atoms with Crippen LogP contribution in [0.3, 0.4) is 0 Å². The van der Waals surface area contributed by atoms with Gasteiger partial charge < -0.3 is 11.1 Å². The molecular formula is C24H22FN5O4S. The Kier molecular flexibility index (Phi) is 6.12. The molecule has 4 rings (SSSR count). The molecule has 0 atom stereocenters. The molecule has 0 radical (unpaired) electrons. The lowest BCUT2D eigenvalue weighted by Crippen LogP contribution is -2.18. The summed E-state index contributed by atoms with van der Waals surface area (Å²) in [5.74, 6) is -1.93. The van der Waals surface area contributed by atoms with Crippen LogP contribution in [0.25, 0.3) is 10.9 Å². The van der Waals surface area contributed by atoms with Crippen molar-refractivity contribution in [3.8, 4) is 0 Å². The largest absolute Gasteiger partial charge is 0.366 e. The predicted molar refractivity (Wildman–Crippen MR) is 129 cm³/mol. The fraction of sp³-hybridized carbons (Fsp3) is 0.167. The van der Waals surface area contributed by atoms with Crippen molar-refractivity contribution in [1.29, 1.82) is 0 Å². The molecule has 35 heavy (non-hydrogen) atoms. The standard InChI is InChI=1S/C24H22FN5O4S/c1-13-22(14(2)30(29-13)12-15-4-7-17(8-5-15)35(3,33)34)28-24(32)21-11-19(23(26)31)18-9-6-16(25)10-20(18)27-21/h4-11H,12H2,1-3H3,(H2,26,31)(H,28,32). The number of fused-ring (bicyclic) bond motifs is 1. The van der Waals surface area contributed by atoms with Gasteiger partial charge in [-0.2, -0.15) is 5.10 Å². The second-order valence-corrected chi connectivity index (χ2v) is 10.2. The minimum absolute atomic E-state index is 0.0572. The summed E-state index contributed by atoms with van der Waals surface area (Å²) >= 11 is 0. The normalized spacial score (nSPS) is 11.5. The Morgan fingerprint density at radius 2 is 1.77 bits per heavy atom. The van der Waals surface area contributed by atoms with Crippen LogP contribution < -0.4 is 11.1 Å². The van der Waals surface area contributed by atoms with Crippen molar-refractivity contribution in [1.82, 2.24) is 14.8 Å². The van der Waals surface area contributed by atoms with Crippen molar-refractivity contribution in [2.24, 2.45) is 5.73 Å². The summed E-state index contributed by atoms with van der Waals surface area (Å²) in [6.07, 6.45) is 1.14. The van der Waals surface area contributed by atoms with E-state index in [1.807, 2.05) is 0 Å². The molecule has 0 aliphatic heterocycles. The van der Waals surface area contributed by atoms with E-state index in [4.69, 9.17) is 5.73 Å². The van der Waals surface area contributed by atoms with E-state index >= 15 is 0 Å². The number of nitrogens with two attached hydrogens (primary N) is 1. The number of amides is 2. The lowest BCUT2D eigenvalue weighted by Gasteiger charge is -2.10. The van der Waals surface area contributed by atoms with E-state index in [-0.39, 0.29) is 21.7 Å². The number of nitrogens with zero attached hydrogens (tertiary/aromatic N) is 3. The SMILES string of the molecule is Cc1nn(Cc2ccc(S(C)(=O)=O)cc2)c(C)c1NC(=O)c1cc(C(N)=O)c2ccc(F)cc2n1. The Balaban J connectivity index is 1.62. The van der Waals surface area contributed by atoms with E-state index in [0.717, 1.165) is 17.9 Å². The molecule has 180 valence electrons. The van der Waals surface area contributed by atoms with Gasteiger partial charge in [0.15, 0.2) is 9.84 Å². The number of carbonyl (C=O) groups is 2. The zero-order valence-electron chi connectivity index (χ0n) is 19.2. The van der Waals surface area contributed by atoms with E-state index in [0.29, 0.717) is 29.0 Å². The number of carbonyl (C=O) groups excluding carboxylic acids is 2. The Morgan fingerprint density at radius 1 is 1.09 bits per heavy atom.